The number of carbonyl (C=O) groups is 1. The van der Waals surface area contributed by atoms with Gasteiger partial charge >= 0.3 is 5.97 Å². The number of aliphatic hydroxyl groups excluding tert-OH is 2. The summed E-state index contributed by atoms with van der Waals surface area (Å²) in [6.45, 7) is 4.23. The van der Waals surface area contributed by atoms with Crippen LogP contribution in [0.1, 0.15) is 46.0 Å². The highest BCUT2D eigenvalue weighted by Gasteiger charge is 2.52. The summed E-state index contributed by atoms with van der Waals surface area (Å²) in [5.41, 5.74) is -0.732. The number of hydrogen-bond donors (Lipinski definition) is 2. The van der Waals surface area contributed by atoms with Crippen LogP contribution in [-0.2, 0) is 9.53 Å². The lowest BCUT2D eigenvalue weighted by Crippen LogP contribution is -2.41. The molecule has 0 unspecified atom stereocenters. The van der Waals surface area contributed by atoms with Crippen LogP contribution in [0.3, 0.4) is 0 Å². The third kappa shape index (κ3) is 2.99. The molecule has 4 nitrogen and oxygen atoms in total. The second kappa shape index (κ2) is 6.36. The van der Waals surface area contributed by atoms with Crippen molar-refractivity contribution in [2.75, 3.05) is 13.2 Å². The minimum absolute atomic E-state index is 0.130. The number of carbonyl (C=O) groups excluding carboxylic acids is 1. The molecule has 1 aliphatic rings. The molecule has 0 radical (unpaired) electrons. The lowest BCUT2D eigenvalue weighted by Gasteiger charge is -2.31. The Morgan fingerprint density at radius 1 is 1.47 bits per heavy atom. The van der Waals surface area contributed by atoms with E-state index in [2.05, 4.69) is 0 Å². The molecule has 0 heterocycles. The van der Waals surface area contributed by atoms with Gasteiger partial charge in [0.1, 0.15) is 0 Å². The monoisotopic (exact) mass is 244 g/mol. The van der Waals surface area contributed by atoms with Crippen molar-refractivity contribution in [2.45, 2.75) is 52.1 Å². The van der Waals surface area contributed by atoms with E-state index >= 15 is 0 Å². The fourth-order valence-electron chi connectivity index (χ4n) is 2.76. The smallest absolute Gasteiger partial charge is 0.314 e. The summed E-state index contributed by atoms with van der Waals surface area (Å²) in [6, 6.07) is 0. The van der Waals surface area contributed by atoms with Crippen molar-refractivity contribution in [3.8, 4) is 0 Å². The molecule has 2 N–H and O–H groups in total. The van der Waals surface area contributed by atoms with E-state index in [0.29, 0.717) is 25.9 Å². The largest absolute Gasteiger partial charge is 0.465 e. The molecular weight excluding hydrogens is 220 g/mol. The predicted molar refractivity (Wildman–Crippen MR) is 64.4 cm³/mol. The maximum absolute atomic E-state index is 12.1. The summed E-state index contributed by atoms with van der Waals surface area (Å²) in [5.74, 6) is -0.122. The minimum atomic E-state index is -0.732. The van der Waals surface area contributed by atoms with Gasteiger partial charge in [-0.1, -0.05) is 6.92 Å². The van der Waals surface area contributed by atoms with Crippen molar-refractivity contribution in [1.82, 2.24) is 0 Å². The Hall–Kier alpha value is -0.610. The first-order valence-electron chi connectivity index (χ1n) is 6.54. The minimum Gasteiger partial charge on any atom is -0.465 e. The van der Waals surface area contributed by atoms with Crippen LogP contribution in [-0.4, -0.2) is 35.5 Å². The number of unbranched alkanes of at least 4 members (excludes halogenated alkanes) is 1. The van der Waals surface area contributed by atoms with Crippen LogP contribution in [0.15, 0.2) is 0 Å². The van der Waals surface area contributed by atoms with Gasteiger partial charge in [0.05, 0.1) is 18.1 Å². The molecule has 1 aliphatic carbocycles. The van der Waals surface area contributed by atoms with Crippen LogP contribution >= 0.6 is 0 Å². The zero-order valence-corrected chi connectivity index (χ0v) is 10.8. The van der Waals surface area contributed by atoms with Gasteiger partial charge < -0.3 is 14.9 Å². The molecule has 1 rings (SSSR count). The molecular formula is C13H24O4. The number of aliphatic hydroxyl groups is 2. The van der Waals surface area contributed by atoms with Crippen LogP contribution in [0.4, 0.5) is 0 Å². The summed E-state index contributed by atoms with van der Waals surface area (Å²) in [7, 11) is 0. The Morgan fingerprint density at radius 3 is 2.65 bits per heavy atom. The molecule has 0 saturated heterocycles. The first kappa shape index (κ1) is 14.5. The topological polar surface area (TPSA) is 66.8 Å². The van der Waals surface area contributed by atoms with E-state index in [-0.39, 0.29) is 18.5 Å². The zero-order chi connectivity index (χ0) is 12.9. The van der Waals surface area contributed by atoms with E-state index in [9.17, 15) is 9.90 Å². The van der Waals surface area contributed by atoms with E-state index < -0.39 is 11.5 Å². The Morgan fingerprint density at radius 2 is 2.18 bits per heavy atom. The second-order valence-electron chi connectivity index (χ2n) is 5.02. The normalized spacial score (nSPS) is 32.7. The van der Waals surface area contributed by atoms with Gasteiger partial charge in [-0.05, 0) is 44.9 Å². The fraction of sp³-hybridized carbons (Fsp3) is 0.923. The summed E-state index contributed by atoms with van der Waals surface area (Å²) in [6.07, 6.45) is 2.97. The van der Waals surface area contributed by atoms with Crippen molar-refractivity contribution in [2.24, 2.45) is 11.3 Å². The number of rotatable bonds is 6. The molecule has 0 spiro atoms. The van der Waals surface area contributed by atoms with Crippen molar-refractivity contribution < 1.29 is 19.7 Å². The van der Waals surface area contributed by atoms with Crippen LogP contribution in [0, 0.1) is 11.3 Å². The summed E-state index contributed by atoms with van der Waals surface area (Å²) in [5, 5.41) is 19.0. The SMILES string of the molecule is CCOC(=O)[C@@]1(CCCCO)CC[C@H](C)[C@@H]1O. The van der Waals surface area contributed by atoms with Gasteiger partial charge in [0.25, 0.3) is 0 Å². The number of esters is 1. The standard InChI is InChI=1S/C13H24O4/c1-3-17-12(16)13(7-4-5-9-14)8-6-10(2)11(13)15/h10-11,14-15H,3-9H2,1-2H3/t10-,11-,13-/m0/s1. The van der Waals surface area contributed by atoms with Crippen LogP contribution in [0.25, 0.3) is 0 Å². The Kier molecular flexibility index (Phi) is 5.40. The molecule has 0 aromatic carbocycles. The maximum Gasteiger partial charge on any atom is 0.314 e. The molecule has 4 heteroatoms. The summed E-state index contributed by atoms with van der Waals surface area (Å²) in [4.78, 5) is 12.1. The highest BCUT2D eigenvalue weighted by molar-refractivity contribution is 5.78. The number of hydrogen-bond acceptors (Lipinski definition) is 4. The van der Waals surface area contributed by atoms with Crippen LogP contribution in [0.5, 0.6) is 0 Å². The highest BCUT2D eigenvalue weighted by atomic mass is 16.5. The summed E-state index contributed by atoms with van der Waals surface area (Å²) < 4.78 is 5.12. The Balaban J connectivity index is 2.74. The lowest BCUT2D eigenvalue weighted by atomic mass is 9.78. The number of ether oxygens (including phenoxy) is 1. The van der Waals surface area contributed by atoms with Gasteiger partial charge in [-0.3, -0.25) is 4.79 Å². The molecule has 0 bridgehead atoms. The third-order valence-corrected chi connectivity index (χ3v) is 3.86. The first-order chi connectivity index (χ1) is 8.08. The fourth-order valence-corrected chi connectivity index (χ4v) is 2.76. The Labute approximate surface area is 103 Å². The van der Waals surface area contributed by atoms with Crippen molar-refractivity contribution in [1.29, 1.82) is 0 Å². The predicted octanol–water partition coefficient (Wildman–Crippen LogP) is 1.49. The van der Waals surface area contributed by atoms with E-state index in [1.165, 1.54) is 0 Å². The molecule has 100 valence electrons. The molecule has 0 aromatic heterocycles. The average Bonchev–Trinajstić information content (AvgIpc) is 2.59. The van der Waals surface area contributed by atoms with E-state index in [1.54, 1.807) is 6.92 Å². The third-order valence-electron chi connectivity index (χ3n) is 3.86. The van der Waals surface area contributed by atoms with Crippen LogP contribution in [0.2, 0.25) is 0 Å². The quantitative estimate of drug-likeness (QED) is 0.549. The maximum atomic E-state index is 12.1. The second-order valence-corrected chi connectivity index (χ2v) is 5.02. The molecule has 1 saturated carbocycles. The van der Waals surface area contributed by atoms with Crippen molar-refractivity contribution >= 4 is 5.97 Å². The van der Waals surface area contributed by atoms with E-state index in [1.807, 2.05) is 6.92 Å². The van der Waals surface area contributed by atoms with Crippen molar-refractivity contribution in [3.63, 3.8) is 0 Å². The molecule has 17 heavy (non-hydrogen) atoms. The first-order valence-corrected chi connectivity index (χ1v) is 6.54. The van der Waals surface area contributed by atoms with Crippen LogP contribution < -0.4 is 0 Å². The zero-order valence-electron chi connectivity index (χ0n) is 10.8. The molecule has 3 atom stereocenters. The van der Waals surface area contributed by atoms with Gasteiger partial charge in [-0.25, -0.2) is 0 Å². The lowest BCUT2D eigenvalue weighted by molar-refractivity contribution is -0.162. The van der Waals surface area contributed by atoms with Crippen molar-refractivity contribution in [3.05, 3.63) is 0 Å². The molecule has 0 aliphatic heterocycles. The highest BCUT2D eigenvalue weighted by Crippen LogP contribution is 2.46. The molecule has 0 aromatic rings. The van der Waals surface area contributed by atoms with E-state index in [4.69, 9.17) is 9.84 Å². The summed E-state index contributed by atoms with van der Waals surface area (Å²) >= 11 is 0. The van der Waals surface area contributed by atoms with Gasteiger partial charge in [0.2, 0.25) is 0 Å². The van der Waals surface area contributed by atoms with E-state index in [0.717, 1.165) is 12.8 Å². The molecule has 0 amide bonds. The van der Waals surface area contributed by atoms with Gasteiger partial charge in [-0.2, -0.15) is 0 Å². The van der Waals surface area contributed by atoms with Gasteiger partial charge in [0.15, 0.2) is 0 Å². The average molecular weight is 244 g/mol. The molecule has 1 fully saturated rings. The van der Waals surface area contributed by atoms with Gasteiger partial charge in [-0.15, -0.1) is 0 Å². The van der Waals surface area contributed by atoms with Gasteiger partial charge in [0, 0.05) is 6.61 Å². The Bertz CT molecular complexity index is 254.